The smallest absolute Gasteiger partial charge is 0.326 e. The van der Waals surface area contributed by atoms with Crippen molar-refractivity contribution in [1.82, 2.24) is 15.2 Å². The number of aromatic nitrogens is 1. The summed E-state index contributed by atoms with van der Waals surface area (Å²) in [7, 11) is 0. The van der Waals surface area contributed by atoms with Crippen LogP contribution in [0.3, 0.4) is 0 Å². The summed E-state index contributed by atoms with van der Waals surface area (Å²) in [6.07, 6.45) is 10.1. The average molecular weight is 731 g/mol. The van der Waals surface area contributed by atoms with Crippen molar-refractivity contribution in [3.05, 3.63) is 106 Å². The summed E-state index contributed by atoms with van der Waals surface area (Å²) in [5, 5.41) is 32.1. The minimum Gasteiger partial charge on any atom is -0.488 e. The number of halogens is 1. The van der Waals surface area contributed by atoms with Crippen molar-refractivity contribution < 1.29 is 34.0 Å². The fraction of sp³-hybridized carbons (Fsp3) is 0.425. The van der Waals surface area contributed by atoms with Crippen LogP contribution in [0.25, 0.3) is 5.57 Å². The Morgan fingerprint density at radius 2 is 1.90 bits per heavy atom. The molecular formula is C40H47ClN4O7. The van der Waals surface area contributed by atoms with Crippen LogP contribution in [0.4, 0.5) is 0 Å². The van der Waals surface area contributed by atoms with Crippen molar-refractivity contribution in [1.29, 1.82) is 5.26 Å². The minimum absolute atomic E-state index is 0.0202. The number of morpholine rings is 1. The Morgan fingerprint density at radius 1 is 1.13 bits per heavy atom. The Morgan fingerprint density at radius 3 is 2.62 bits per heavy atom. The number of pyridine rings is 1. The maximum absolute atomic E-state index is 11.9. The van der Waals surface area contributed by atoms with E-state index in [0.29, 0.717) is 34.8 Å². The lowest BCUT2D eigenvalue weighted by molar-refractivity contribution is -0.145. The van der Waals surface area contributed by atoms with Gasteiger partial charge in [-0.1, -0.05) is 67.9 Å². The minimum atomic E-state index is -1.60. The van der Waals surface area contributed by atoms with Gasteiger partial charge in [0.25, 0.3) is 0 Å². The molecule has 1 aliphatic carbocycles. The van der Waals surface area contributed by atoms with Crippen LogP contribution in [-0.4, -0.2) is 89.9 Å². The molecule has 2 atom stereocenters. The summed E-state index contributed by atoms with van der Waals surface area (Å²) < 4.78 is 25.2. The van der Waals surface area contributed by atoms with Gasteiger partial charge in [-0.3, -0.25) is 20.0 Å². The molecule has 276 valence electrons. The van der Waals surface area contributed by atoms with Gasteiger partial charge in [0, 0.05) is 67.8 Å². The molecule has 11 nitrogen and oxygen atoms in total. The number of rotatable bonds is 17. The Bertz CT molecular complexity index is 1790. The fourth-order valence-electron chi connectivity index (χ4n) is 6.31. The number of nitrogens with zero attached hydrogens (tertiary/aromatic N) is 3. The van der Waals surface area contributed by atoms with Crippen LogP contribution in [0, 0.1) is 16.7 Å². The van der Waals surface area contributed by atoms with Crippen molar-refractivity contribution in [3.63, 3.8) is 0 Å². The molecular weight excluding hydrogens is 684 g/mol. The zero-order chi connectivity index (χ0) is 37.2. The highest BCUT2D eigenvalue weighted by Gasteiger charge is 2.49. The van der Waals surface area contributed by atoms with Crippen LogP contribution in [-0.2, 0) is 27.4 Å². The molecule has 0 saturated carbocycles. The number of carboxylic acids is 1. The number of carbonyl (C=O) groups is 1. The number of nitrogens with one attached hydrogen (secondary N) is 1. The van der Waals surface area contributed by atoms with Crippen LogP contribution >= 0.6 is 11.6 Å². The third-order valence-corrected chi connectivity index (χ3v) is 10.2. The molecule has 1 fully saturated rings. The van der Waals surface area contributed by atoms with Gasteiger partial charge in [0.05, 0.1) is 30.4 Å². The predicted molar refractivity (Wildman–Crippen MR) is 198 cm³/mol. The molecule has 3 aromatic rings. The van der Waals surface area contributed by atoms with Crippen molar-refractivity contribution >= 4 is 23.1 Å². The van der Waals surface area contributed by atoms with Gasteiger partial charge in [-0.2, -0.15) is 5.26 Å². The fourth-order valence-corrected chi connectivity index (χ4v) is 6.55. The Kier molecular flexibility index (Phi) is 13.1. The lowest BCUT2D eigenvalue weighted by Gasteiger charge is -2.47. The topological polar surface area (TPSA) is 146 Å². The number of aliphatic carboxylic acids is 1. The Hall–Kier alpha value is -4.28. The first-order valence-electron chi connectivity index (χ1n) is 17.4. The number of allylic oxidation sites excluding steroid dienone is 2. The van der Waals surface area contributed by atoms with Gasteiger partial charge in [0.15, 0.2) is 0 Å². The summed E-state index contributed by atoms with van der Waals surface area (Å²) in [6.45, 7) is 10.0. The average Bonchev–Trinajstić information content (AvgIpc) is 3.16. The summed E-state index contributed by atoms with van der Waals surface area (Å²) in [6, 6.07) is 17.3. The molecule has 0 bridgehead atoms. The maximum Gasteiger partial charge on any atom is 0.326 e. The van der Waals surface area contributed by atoms with Crippen LogP contribution in [0.1, 0.15) is 49.4 Å². The number of hydrogen-bond donors (Lipinski definition) is 3. The largest absolute Gasteiger partial charge is 0.488 e. The van der Waals surface area contributed by atoms with E-state index < -0.39 is 29.1 Å². The maximum atomic E-state index is 11.9. The Balaban J connectivity index is 1.42. The SMILES string of the molecule is CC(CO)(NCc1cc(Cl)c(OCC2(OCCCN3CCOCC3)C=CC=C(c3ccccc3)C2(C)C)cc1OCc1cncc(C#N)c1)C(=O)O. The number of ether oxygens (including phenoxy) is 4. The van der Waals surface area contributed by atoms with Gasteiger partial charge in [0.1, 0.15) is 41.9 Å². The summed E-state index contributed by atoms with van der Waals surface area (Å²) >= 11 is 6.87. The number of benzene rings is 2. The van der Waals surface area contributed by atoms with E-state index in [0.717, 1.165) is 50.4 Å². The zero-order valence-electron chi connectivity index (χ0n) is 29.9. The quantitative estimate of drug-likeness (QED) is 0.148. The highest BCUT2D eigenvalue weighted by atomic mass is 35.5. The van der Waals surface area contributed by atoms with E-state index in [2.05, 4.69) is 59.4 Å². The second kappa shape index (κ2) is 17.5. The van der Waals surface area contributed by atoms with Gasteiger partial charge >= 0.3 is 5.97 Å². The number of aliphatic hydroxyl groups is 1. The molecule has 1 aromatic heterocycles. The van der Waals surface area contributed by atoms with Gasteiger partial charge in [-0.25, -0.2) is 0 Å². The van der Waals surface area contributed by atoms with Gasteiger partial charge in [-0.15, -0.1) is 0 Å². The number of aliphatic hydroxyl groups excluding tert-OH is 1. The van der Waals surface area contributed by atoms with Crippen LogP contribution < -0.4 is 14.8 Å². The van der Waals surface area contributed by atoms with E-state index >= 15 is 0 Å². The molecule has 2 unspecified atom stereocenters. The summed E-state index contributed by atoms with van der Waals surface area (Å²) in [5.41, 5.74) is 0.809. The first-order chi connectivity index (χ1) is 25.0. The van der Waals surface area contributed by atoms with Crippen molar-refractivity contribution in [2.75, 3.05) is 52.7 Å². The van der Waals surface area contributed by atoms with Crippen molar-refractivity contribution in [2.45, 2.75) is 51.5 Å². The Labute approximate surface area is 310 Å². The molecule has 2 aliphatic rings. The van der Waals surface area contributed by atoms with E-state index in [1.807, 2.05) is 24.3 Å². The first-order valence-corrected chi connectivity index (χ1v) is 17.8. The molecule has 3 N–H and O–H groups in total. The third-order valence-electron chi connectivity index (χ3n) is 9.86. The van der Waals surface area contributed by atoms with E-state index in [4.69, 9.17) is 30.5 Å². The predicted octanol–water partition coefficient (Wildman–Crippen LogP) is 5.65. The molecule has 0 spiro atoms. The summed E-state index contributed by atoms with van der Waals surface area (Å²) in [4.78, 5) is 18.4. The molecule has 1 saturated heterocycles. The molecule has 1 aliphatic heterocycles. The van der Waals surface area contributed by atoms with E-state index in [1.54, 1.807) is 24.4 Å². The number of hydrogen-bond acceptors (Lipinski definition) is 10. The van der Waals surface area contributed by atoms with Crippen LogP contribution in [0.2, 0.25) is 5.02 Å². The van der Waals surface area contributed by atoms with Crippen LogP contribution in [0.15, 0.2) is 79.2 Å². The first kappa shape index (κ1) is 38.9. The van der Waals surface area contributed by atoms with Crippen LogP contribution in [0.5, 0.6) is 11.5 Å². The van der Waals surface area contributed by atoms with Gasteiger partial charge < -0.3 is 29.2 Å². The standard InChI is InChI=1S/C40H47ClN4O7/c1-38(2)33(31-9-5-4-6-10-31)11-7-12-40(38,52-16-8-13-45-14-17-49-18-15-45)28-51-36-21-35(50-26-30-19-29(22-42)23-43-24-30)32(20-34(36)41)25-44-39(3,27-46)37(47)48/h4-7,9-12,19-21,23-24,44,46H,8,13-18,25-28H2,1-3H3,(H,47,48). The highest BCUT2D eigenvalue weighted by Crippen LogP contribution is 2.49. The molecule has 52 heavy (non-hydrogen) atoms. The van der Waals surface area contributed by atoms with E-state index in [9.17, 15) is 20.3 Å². The number of nitriles is 1. The van der Waals surface area contributed by atoms with Crippen molar-refractivity contribution in [3.8, 4) is 17.6 Å². The molecule has 5 rings (SSSR count). The third kappa shape index (κ3) is 9.19. The van der Waals surface area contributed by atoms with Crippen molar-refractivity contribution in [2.24, 2.45) is 5.41 Å². The zero-order valence-corrected chi connectivity index (χ0v) is 30.7. The lowest BCUT2D eigenvalue weighted by atomic mass is 9.65. The lowest BCUT2D eigenvalue weighted by Crippen LogP contribution is -2.52. The molecule has 0 radical (unpaired) electrons. The molecule has 2 heterocycles. The second-order valence-corrected chi connectivity index (χ2v) is 14.2. The number of carboxylic acid groups (broad SMARTS) is 1. The van der Waals surface area contributed by atoms with Gasteiger partial charge in [-0.05, 0) is 42.7 Å². The highest BCUT2D eigenvalue weighted by molar-refractivity contribution is 6.32. The van der Waals surface area contributed by atoms with E-state index in [1.165, 1.54) is 13.1 Å². The normalized spacial score (nSPS) is 19.7. The molecule has 12 heteroatoms. The second-order valence-electron chi connectivity index (χ2n) is 13.8. The molecule has 0 amide bonds. The van der Waals surface area contributed by atoms with E-state index in [-0.39, 0.29) is 24.8 Å². The van der Waals surface area contributed by atoms with Gasteiger partial charge in [0.2, 0.25) is 0 Å². The monoisotopic (exact) mass is 730 g/mol. The summed E-state index contributed by atoms with van der Waals surface area (Å²) in [5.74, 6) is -0.474. The molecule has 2 aromatic carbocycles.